The molecule has 1 atom stereocenters. The summed E-state index contributed by atoms with van der Waals surface area (Å²) in [7, 11) is 0. The highest BCUT2D eigenvalue weighted by molar-refractivity contribution is 6.05. The minimum atomic E-state index is 0.136. The number of para-hydroxylation sites is 4. The van der Waals surface area contributed by atoms with Crippen molar-refractivity contribution in [3.05, 3.63) is 187 Å². The van der Waals surface area contributed by atoms with Crippen molar-refractivity contribution < 1.29 is 0 Å². The topological polar surface area (TPSA) is 6.48 Å². The summed E-state index contributed by atoms with van der Waals surface area (Å²) >= 11 is 0. The molecule has 210 valence electrons. The largest absolute Gasteiger partial charge is 0.334 e. The SMILES string of the molecule is c1ccc(N(c2ccccc2)c2cc3c(c4ccccc24)CC(N(c2ccccc2)c2ccccc2)c2ccccc2-3)cc1. The Hall–Kier alpha value is -5.60. The third kappa shape index (κ3) is 4.53. The summed E-state index contributed by atoms with van der Waals surface area (Å²) in [6, 6.07) is 63.6. The lowest BCUT2D eigenvalue weighted by atomic mass is 9.79. The molecule has 7 aromatic rings. The van der Waals surface area contributed by atoms with Gasteiger partial charge in [-0.2, -0.15) is 0 Å². The Kier molecular flexibility index (Phi) is 6.66. The molecule has 0 spiro atoms. The lowest BCUT2D eigenvalue weighted by Crippen LogP contribution is -2.28. The normalized spacial score (nSPS) is 13.6. The fourth-order valence-corrected chi connectivity index (χ4v) is 6.90. The molecule has 0 aliphatic heterocycles. The Morgan fingerprint density at radius 3 is 1.43 bits per heavy atom. The van der Waals surface area contributed by atoms with E-state index in [1.165, 1.54) is 50.1 Å². The van der Waals surface area contributed by atoms with Crippen molar-refractivity contribution >= 4 is 39.2 Å². The van der Waals surface area contributed by atoms with Gasteiger partial charge in [-0.1, -0.05) is 121 Å². The van der Waals surface area contributed by atoms with Gasteiger partial charge >= 0.3 is 0 Å². The molecule has 1 unspecified atom stereocenters. The maximum absolute atomic E-state index is 2.52. The lowest BCUT2D eigenvalue weighted by Gasteiger charge is -2.39. The van der Waals surface area contributed by atoms with Crippen molar-refractivity contribution in [3.63, 3.8) is 0 Å². The van der Waals surface area contributed by atoms with Crippen LogP contribution in [0.5, 0.6) is 0 Å². The van der Waals surface area contributed by atoms with Crippen LogP contribution in [0.2, 0.25) is 0 Å². The zero-order valence-electron chi connectivity index (χ0n) is 24.4. The first-order valence-electron chi connectivity index (χ1n) is 15.3. The Bertz CT molecular complexity index is 1960. The Balaban J connectivity index is 1.38. The molecule has 1 aliphatic carbocycles. The van der Waals surface area contributed by atoms with Gasteiger partial charge in [0.2, 0.25) is 0 Å². The van der Waals surface area contributed by atoms with Crippen LogP contribution < -0.4 is 9.80 Å². The van der Waals surface area contributed by atoms with Crippen LogP contribution in [0.25, 0.3) is 21.9 Å². The third-order valence-corrected chi connectivity index (χ3v) is 8.79. The van der Waals surface area contributed by atoms with E-state index in [1.807, 2.05) is 0 Å². The summed E-state index contributed by atoms with van der Waals surface area (Å²) in [6.07, 6.45) is 0.896. The van der Waals surface area contributed by atoms with Crippen LogP contribution in [-0.2, 0) is 6.42 Å². The van der Waals surface area contributed by atoms with Gasteiger partial charge in [0.25, 0.3) is 0 Å². The highest BCUT2D eigenvalue weighted by atomic mass is 15.2. The van der Waals surface area contributed by atoms with Gasteiger partial charge in [-0.05, 0) is 88.7 Å². The fraction of sp³-hybridized carbons (Fsp3) is 0.0476. The van der Waals surface area contributed by atoms with E-state index in [2.05, 4.69) is 186 Å². The van der Waals surface area contributed by atoms with E-state index in [1.54, 1.807) is 0 Å². The van der Waals surface area contributed by atoms with Gasteiger partial charge in [-0.15, -0.1) is 0 Å². The van der Waals surface area contributed by atoms with Crippen LogP contribution in [0, 0.1) is 0 Å². The average Bonchev–Trinajstić information content (AvgIpc) is 3.11. The average molecular weight is 565 g/mol. The maximum atomic E-state index is 2.52. The molecule has 0 aromatic heterocycles. The summed E-state index contributed by atoms with van der Waals surface area (Å²) < 4.78 is 0. The van der Waals surface area contributed by atoms with Gasteiger partial charge in [0.15, 0.2) is 0 Å². The first-order valence-corrected chi connectivity index (χ1v) is 15.3. The zero-order valence-corrected chi connectivity index (χ0v) is 24.4. The third-order valence-electron chi connectivity index (χ3n) is 8.79. The monoisotopic (exact) mass is 564 g/mol. The summed E-state index contributed by atoms with van der Waals surface area (Å²) in [6.45, 7) is 0. The minimum Gasteiger partial charge on any atom is -0.334 e. The standard InChI is InChI=1S/C42H32N2/c1-5-17-31(18-6-1)43(32-19-7-2-8-20-32)41-29-39-36-26-14-16-28-38(36)42(30-40(39)35-25-13-15-27-37(35)41)44(33-21-9-3-10-22-33)34-23-11-4-12-24-34/h1-29,42H,30H2. The van der Waals surface area contributed by atoms with Crippen LogP contribution in [0.15, 0.2) is 176 Å². The van der Waals surface area contributed by atoms with E-state index >= 15 is 0 Å². The Labute approximate surface area is 259 Å². The van der Waals surface area contributed by atoms with E-state index in [0.717, 1.165) is 17.8 Å². The molecule has 0 fully saturated rings. The smallest absolute Gasteiger partial charge is 0.0638 e. The molecule has 0 saturated heterocycles. The van der Waals surface area contributed by atoms with Gasteiger partial charge in [0, 0.05) is 28.1 Å². The van der Waals surface area contributed by atoms with Crippen molar-refractivity contribution in [1.29, 1.82) is 0 Å². The van der Waals surface area contributed by atoms with Crippen LogP contribution in [0.1, 0.15) is 17.2 Å². The summed E-state index contributed by atoms with van der Waals surface area (Å²) in [4.78, 5) is 4.92. The number of anilines is 5. The van der Waals surface area contributed by atoms with Gasteiger partial charge < -0.3 is 9.80 Å². The van der Waals surface area contributed by atoms with Crippen LogP contribution in [0.4, 0.5) is 28.4 Å². The second-order valence-corrected chi connectivity index (χ2v) is 11.3. The van der Waals surface area contributed by atoms with Crippen molar-refractivity contribution in [2.24, 2.45) is 0 Å². The first-order chi connectivity index (χ1) is 21.9. The van der Waals surface area contributed by atoms with Gasteiger partial charge in [-0.3, -0.25) is 0 Å². The number of hydrogen-bond acceptors (Lipinski definition) is 2. The van der Waals surface area contributed by atoms with Crippen molar-refractivity contribution in [3.8, 4) is 11.1 Å². The van der Waals surface area contributed by atoms with Crippen molar-refractivity contribution in [2.45, 2.75) is 12.5 Å². The molecule has 0 bridgehead atoms. The minimum absolute atomic E-state index is 0.136. The van der Waals surface area contributed by atoms with Gasteiger partial charge in [0.1, 0.15) is 0 Å². The highest BCUT2D eigenvalue weighted by Gasteiger charge is 2.32. The molecule has 0 saturated carbocycles. The number of hydrogen-bond donors (Lipinski definition) is 0. The molecular formula is C42H32N2. The number of nitrogens with zero attached hydrogens (tertiary/aromatic N) is 2. The van der Waals surface area contributed by atoms with Crippen LogP contribution >= 0.6 is 0 Å². The predicted octanol–water partition coefficient (Wildman–Crippen LogP) is 11.4. The van der Waals surface area contributed by atoms with Crippen molar-refractivity contribution in [1.82, 2.24) is 0 Å². The van der Waals surface area contributed by atoms with Crippen LogP contribution in [0.3, 0.4) is 0 Å². The summed E-state index contributed by atoms with van der Waals surface area (Å²) in [5, 5.41) is 2.56. The van der Waals surface area contributed by atoms with Gasteiger partial charge in [-0.25, -0.2) is 0 Å². The number of benzene rings is 7. The second-order valence-electron chi connectivity index (χ2n) is 11.3. The summed E-state index contributed by atoms with van der Waals surface area (Å²) in [5.41, 5.74) is 11.2. The molecule has 0 heterocycles. The molecule has 2 heteroatoms. The first kappa shape index (κ1) is 26.1. The Morgan fingerprint density at radius 1 is 0.409 bits per heavy atom. The molecule has 2 nitrogen and oxygen atoms in total. The highest BCUT2D eigenvalue weighted by Crippen LogP contribution is 2.50. The Morgan fingerprint density at radius 2 is 0.864 bits per heavy atom. The fourth-order valence-electron chi connectivity index (χ4n) is 6.90. The lowest BCUT2D eigenvalue weighted by molar-refractivity contribution is 0.688. The number of fused-ring (bicyclic) bond motifs is 5. The molecule has 8 rings (SSSR count). The zero-order chi connectivity index (χ0) is 29.3. The second kappa shape index (κ2) is 11.2. The predicted molar refractivity (Wildman–Crippen MR) is 186 cm³/mol. The van der Waals surface area contributed by atoms with Gasteiger partial charge in [0.05, 0.1) is 11.7 Å². The molecule has 44 heavy (non-hydrogen) atoms. The maximum Gasteiger partial charge on any atom is 0.0638 e. The van der Waals surface area contributed by atoms with E-state index in [9.17, 15) is 0 Å². The molecule has 1 aliphatic rings. The summed E-state index contributed by atoms with van der Waals surface area (Å²) in [5.74, 6) is 0. The van der Waals surface area contributed by atoms with E-state index in [0.29, 0.717) is 0 Å². The quantitative estimate of drug-likeness (QED) is 0.198. The van der Waals surface area contributed by atoms with E-state index in [4.69, 9.17) is 0 Å². The van der Waals surface area contributed by atoms with Crippen molar-refractivity contribution in [2.75, 3.05) is 9.80 Å². The van der Waals surface area contributed by atoms with E-state index in [-0.39, 0.29) is 6.04 Å². The van der Waals surface area contributed by atoms with Crippen LogP contribution in [-0.4, -0.2) is 0 Å². The number of rotatable bonds is 6. The molecule has 7 aromatic carbocycles. The molecule has 0 radical (unpaired) electrons. The molecular weight excluding hydrogens is 532 g/mol. The van der Waals surface area contributed by atoms with E-state index < -0.39 is 0 Å². The molecule has 0 N–H and O–H groups in total. The molecule has 0 amide bonds.